The maximum Gasteiger partial charge on any atom is 0.335 e. The monoisotopic (exact) mass is 394 g/mol. The zero-order valence-electron chi connectivity index (χ0n) is 13.2. The molecule has 0 bridgehead atoms. The van der Waals surface area contributed by atoms with Crippen molar-refractivity contribution in [3.8, 4) is 5.88 Å². The zero-order valence-corrected chi connectivity index (χ0v) is 14.7. The van der Waals surface area contributed by atoms with Gasteiger partial charge >= 0.3 is 6.03 Å². The molecule has 10 nitrogen and oxygen atoms in total. The number of ether oxygens (including phenoxy) is 1. The van der Waals surface area contributed by atoms with Crippen LogP contribution >= 0.6 is 11.6 Å². The Morgan fingerprint density at radius 3 is 2.62 bits per heavy atom. The van der Waals surface area contributed by atoms with Gasteiger partial charge in [-0.15, -0.1) is 0 Å². The number of benzene rings is 1. The van der Waals surface area contributed by atoms with E-state index in [9.17, 15) is 13.2 Å². The Labute approximate surface area is 152 Å². The molecule has 2 heterocycles. The molecule has 134 valence electrons. The molecule has 0 spiro atoms. The number of hydrogen-bond acceptors (Lipinski definition) is 8. The van der Waals surface area contributed by atoms with E-state index in [1.165, 1.54) is 37.7 Å². The third-order valence-electron chi connectivity index (χ3n) is 3.07. The first-order valence-corrected chi connectivity index (χ1v) is 8.88. The highest BCUT2D eigenvalue weighted by molar-refractivity contribution is 7.90. The summed E-state index contributed by atoms with van der Waals surface area (Å²) in [6, 6.07) is 4.63. The SMILES string of the molecule is COc1nc(NC(=O)NS(=O)(=O)c2ccccc2Cl)nc2nccnc12. The van der Waals surface area contributed by atoms with Crippen molar-refractivity contribution in [2.75, 3.05) is 12.4 Å². The highest BCUT2D eigenvalue weighted by Gasteiger charge is 2.21. The van der Waals surface area contributed by atoms with E-state index < -0.39 is 16.1 Å². The Bertz CT molecular complexity index is 1090. The standard InChI is InChI=1S/C14H11ClN6O4S/c1-25-12-10-11(17-7-6-16-10)18-13(19-12)20-14(22)21-26(23,24)9-5-3-2-4-8(9)15/h2-7H,1H3,(H2,17,18,19,20,21,22). The molecule has 0 aliphatic carbocycles. The molecule has 1 aromatic carbocycles. The topological polar surface area (TPSA) is 136 Å². The summed E-state index contributed by atoms with van der Waals surface area (Å²) in [7, 11) is -2.81. The highest BCUT2D eigenvalue weighted by Crippen LogP contribution is 2.21. The summed E-state index contributed by atoms with van der Waals surface area (Å²) in [6.07, 6.45) is 2.84. The number of sulfonamides is 1. The smallest absolute Gasteiger partial charge is 0.335 e. The zero-order chi connectivity index (χ0) is 18.7. The highest BCUT2D eigenvalue weighted by atomic mass is 35.5. The summed E-state index contributed by atoms with van der Waals surface area (Å²) >= 11 is 5.85. The normalized spacial score (nSPS) is 11.2. The molecule has 0 aliphatic rings. The van der Waals surface area contributed by atoms with Crippen LogP contribution in [-0.2, 0) is 10.0 Å². The van der Waals surface area contributed by atoms with Gasteiger partial charge in [0.05, 0.1) is 12.1 Å². The number of amides is 2. The van der Waals surface area contributed by atoms with Crippen LogP contribution in [0.5, 0.6) is 5.88 Å². The molecule has 0 saturated carbocycles. The Hall–Kier alpha value is -3.05. The van der Waals surface area contributed by atoms with Crippen molar-refractivity contribution < 1.29 is 17.9 Å². The molecule has 2 aromatic heterocycles. The average Bonchev–Trinajstić information content (AvgIpc) is 2.60. The molecule has 0 fully saturated rings. The lowest BCUT2D eigenvalue weighted by atomic mass is 10.4. The Morgan fingerprint density at radius 2 is 1.88 bits per heavy atom. The molecule has 0 unspecified atom stereocenters. The third-order valence-corrected chi connectivity index (χ3v) is 4.90. The molecular weight excluding hydrogens is 384 g/mol. The van der Waals surface area contributed by atoms with Crippen molar-refractivity contribution in [1.82, 2.24) is 24.7 Å². The van der Waals surface area contributed by atoms with Crippen LogP contribution in [0.4, 0.5) is 10.7 Å². The fourth-order valence-corrected chi connectivity index (χ4v) is 3.43. The van der Waals surface area contributed by atoms with Crippen molar-refractivity contribution in [3.63, 3.8) is 0 Å². The van der Waals surface area contributed by atoms with Crippen LogP contribution in [0.15, 0.2) is 41.6 Å². The quantitative estimate of drug-likeness (QED) is 0.680. The first-order chi connectivity index (χ1) is 12.4. The van der Waals surface area contributed by atoms with Gasteiger partial charge in [-0.2, -0.15) is 9.97 Å². The fourth-order valence-electron chi connectivity index (χ4n) is 2.00. The van der Waals surface area contributed by atoms with Gasteiger partial charge in [-0.25, -0.2) is 27.9 Å². The molecule has 0 aliphatic heterocycles. The molecular formula is C14H11ClN6O4S. The minimum absolute atomic E-state index is 0.0216. The van der Waals surface area contributed by atoms with E-state index >= 15 is 0 Å². The van der Waals surface area contributed by atoms with Crippen LogP contribution in [-0.4, -0.2) is 41.5 Å². The lowest BCUT2D eigenvalue weighted by Gasteiger charge is -2.10. The average molecular weight is 395 g/mol. The van der Waals surface area contributed by atoms with Gasteiger partial charge < -0.3 is 4.74 Å². The van der Waals surface area contributed by atoms with Crippen LogP contribution in [0.25, 0.3) is 11.2 Å². The summed E-state index contributed by atoms with van der Waals surface area (Å²) in [5.74, 6) is -0.130. The van der Waals surface area contributed by atoms with Gasteiger partial charge in [0.15, 0.2) is 11.2 Å². The van der Waals surface area contributed by atoms with Gasteiger partial charge in [0.25, 0.3) is 10.0 Å². The molecule has 0 radical (unpaired) electrons. The van der Waals surface area contributed by atoms with Gasteiger partial charge in [0.2, 0.25) is 11.8 Å². The van der Waals surface area contributed by atoms with Gasteiger partial charge in [-0.3, -0.25) is 5.32 Å². The van der Waals surface area contributed by atoms with Crippen LogP contribution in [0.3, 0.4) is 0 Å². The van der Waals surface area contributed by atoms with Crippen LogP contribution < -0.4 is 14.8 Å². The maximum absolute atomic E-state index is 12.2. The summed E-state index contributed by atoms with van der Waals surface area (Å²) in [6.45, 7) is 0. The van der Waals surface area contributed by atoms with E-state index in [4.69, 9.17) is 16.3 Å². The molecule has 3 aromatic rings. The number of nitrogens with one attached hydrogen (secondary N) is 2. The summed E-state index contributed by atoms with van der Waals surface area (Å²) < 4.78 is 31.4. The predicted molar refractivity (Wildman–Crippen MR) is 92.5 cm³/mol. The Balaban J connectivity index is 1.84. The Morgan fingerprint density at radius 1 is 1.15 bits per heavy atom. The van der Waals surface area contributed by atoms with Crippen molar-refractivity contribution >= 4 is 44.8 Å². The van der Waals surface area contributed by atoms with Crippen molar-refractivity contribution in [1.29, 1.82) is 0 Å². The number of carbonyl (C=O) groups excluding carboxylic acids is 1. The second kappa shape index (κ2) is 7.06. The van der Waals surface area contributed by atoms with Crippen molar-refractivity contribution in [3.05, 3.63) is 41.7 Å². The number of halogens is 1. The number of carbonyl (C=O) groups is 1. The summed E-state index contributed by atoms with van der Waals surface area (Å²) in [5.41, 5.74) is 0.466. The second-order valence-corrected chi connectivity index (χ2v) is 6.83. The number of fused-ring (bicyclic) bond motifs is 1. The molecule has 3 rings (SSSR count). The number of urea groups is 1. The maximum atomic E-state index is 12.2. The molecule has 0 saturated heterocycles. The predicted octanol–water partition coefficient (Wildman–Crippen LogP) is 1.59. The van der Waals surface area contributed by atoms with Crippen LogP contribution in [0, 0.1) is 0 Å². The summed E-state index contributed by atoms with van der Waals surface area (Å²) in [4.78, 5) is 27.8. The first kappa shape index (κ1) is 17.8. The van der Waals surface area contributed by atoms with Gasteiger partial charge in [-0.05, 0) is 12.1 Å². The third kappa shape index (κ3) is 3.63. The molecule has 2 amide bonds. The van der Waals surface area contributed by atoms with E-state index in [0.717, 1.165) is 0 Å². The number of nitrogens with zero attached hydrogens (tertiary/aromatic N) is 4. The van der Waals surface area contributed by atoms with E-state index in [2.05, 4.69) is 25.3 Å². The Kier molecular flexibility index (Phi) is 4.82. The van der Waals surface area contributed by atoms with E-state index in [0.29, 0.717) is 5.52 Å². The molecule has 26 heavy (non-hydrogen) atoms. The summed E-state index contributed by atoms with van der Waals surface area (Å²) in [5, 5.41) is 2.19. The van der Waals surface area contributed by atoms with Crippen molar-refractivity contribution in [2.24, 2.45) is 0 Å². The van der Waals surface area contributed by atoms with Crippen LogP contribution in [0.1, 0.15) is 0 Å². The van der Waals surface area contributed by atoms with E-state index in [1.54, 1.807) is 6.07 Å². The number of aromatic nitrogens is 4. The number of anilines is 1. The molecule has 0 atom stereocenters. The second-order valence-electron chi connectivity index (χ2n) is 4.78. The first-order valence-electron chi connectivity index (χ1n) is 7.02. The lowest BCUT2D eigenvalue weighted by molar-refractivity contribution is 0.256. The lowest BCUT2D eigenvalue weighted by Crippen LogP contribution is -2.35. The van der Waals surface area contributed by atoms with E-state index in [-0.39, 0.29) is 27.4 Å². The van der Waals surface area contributed by atoms with Crippen molar-refractivity contribution in [2.45, 2.75) is 4.90 Å². The number of hydrogen-bond donors (Lipinski definition) is 2. The number of rotatable bonds is 4. The molecule has 2 N–H and O–H groups in total. The van der Waals surface area contributed by atoms with E-state index in [1.807, 2.05) is 4.72 Å². The van der Waals surface area contributed by atoms with Crippen LogP contribution in [0.2, 0.25) is 5.02 Å². The van der Waals surface area contributed by atoms with Gasteiger partial charge in [0, 0.05) is 12.4 Å². The van der Waals surface area contributed by atoms with Gasteiger partial charge in [-0.1, -0.05) is 23.7 Å². The van der Waals surface area contributed by atoms with Gasteiger partial charge in [0.1, 0.15) is 4.90 Å². The number of methoxy groups -OCH3 is 1. The minimum Gasteiger partial charge on any atom is -0.479 e. The molecule has 12 heteroatoms. The fraction of sp³-hybridized carbons (Fsp3) is 0.0714. The largest absolute Gasteiger partial charge is 0.479 e. The minimum atomic E-state index is -4.18.